The summed E-state index contributed by atoms with van der Waals surface area (Å²) in [7, 11) is 0. The average molecular weight is 252 g/mol. The SMILES string of the molecule is CCOC(=O)c1nn2c(C3CCC3)nnc2s1. The van der Waals surface area contributed by atoms with E-state index in [0.29, 0.717) is 22.5 Å². The molecule has 0 aliphatic heterocycles. The number of hydrogen-bond donors (Lipinski definition) is 0. The van der Waals surface area contributed by atoms with Crippen LogP contribution in [0.1, 0.15) is 47.7 Å². The van der Waals surface area contributed by atoms with E-state index in [-0.39, 0.29) is 5.97 Å². The minimum atomic E-state index is -0.387. The maximum Gasteiger partial charge on any atom is 0.369 e. The van der Waals surface area contributed by atoms with E-state index in [1.54, 1.807) is 11.4 Å². The highest BCUT2D eigenvalue weighted by Gasteiger charge is 2.27. The monoisotopic (exact) mass is 252 g/mol. The Hall–Kier alpha value is -1.50. The Kier molecular flexibility index (Phi) is 2.54. The van der Waals surface area contributed by atoms with Gasteiger partial charge in [0.1, 0.15) is 0 Å². The molecule has 0 atom stereocenters. The second kappa shape index (κ2) is 4.06. The lowest BCUT2D eigenvalue weighted by molar-refractivity contribution is 0.0524. The lowest BCUT2D eigenvalue weighted by Gasteiger charge is -2.22. The molecule has 7 heteroatoms. The largest absolute Gasteiger partial charge is 0.461 e. The number of esters is 1. The normalized spacial score (nSPS) is 16.1. The highest BCUT2D eigenvalue weighted by Crippen LogP contribution is 2.35. The summed E-state index contributed by atoms with van der Waals surface area (Å²) >= 11 is 1.22. The first-order chi connectivity index (χ1) is 8.29. The zero-order valence-corrected chi connectivity index (χ0v) is 10.2. The zero-order valence-electron chi connectivity index (χ0n) is 9.42. The smallest absolute Gasteiger partial charge is 0.369 e. The van der Waals surface area contributed by atoms with Crippen molar-refractivity contribution in [2.24, 2.45) is 0 Å². The second-order valence-corrected chi connectivity index (χ2v) is 4.96. The summed E-state index contributed by atoms with van der Waals surface area (Å²) in [6.45, 7) is 2.13. The molecule has 0 spiro atoms. The highest BCUT2D eigenvalue weighted by atomic mass is 32.1. The van der Waals surface area contributed by atoms with Crippen molar-refractivity contribution in [1.82, 2.24) is 19.8 Å². The molecule has 2 aromatic heterocycles. The number of nitrogens with zero attached hydrogens (tertiary/aromatic N) is 4. The van der Waals surface area contributed by atoms with Crippen LogP contribution >= 0.6 is 11.3 Å². The number of hydrogen-bond acceptors (Lipinski definition) is 6. The number of carbonyl (C=O) groups excluding carboxylic acids is 1. The minimum absolute atomic E-state index is 0.345. The van der Waals surface area contributed by atoms with E-state index in [4.69, 9.17) is 4.74 Å². The first-order valence-electron chi connectivity index (χ1n) is 5.69. The molecule has 0 radical (unpaired) electrons. The van der Waals surface area contributed by atoms with Gasteiger partial charge in [0.15, 0.2) is 5.82 Å². The van der Waals surface area contributed by atoms with Gasteiger partial charge in [0.2, 0.25) is 9.97 Å². The summed E-state index contributed by atoms with van der Waals surface area (Å²) in [6.07, 6.45) is 3.49. The van der Waals surface area contributed by atoms with Crippen molar-refractivity contribution in [3.8, 4) is 0 Å². The lowest BCUT2D eigenvalue weighted by Crippen LogP contribution is -2.13. The Bertz CT molecular complexity index is 558. The van der Waals surface area contributed by atoms with Crippen LogP contribution in [0, 0.1) is 0 Å². The molecule has 0 bridgehead atoms. The number of rotatable bonds is 3. The molecule has 3 rings (SSSR count). The van der Waals surface area contributed by atoms with Crippen LogP contribution in [0.5, 0.6) is 0 Å². The van der Waals surface area contributed by atoms with Crippen molar-refractivity contribution in [3.63, 3.8) is 0 Å². The van der Waals surface area contributed by atoms with Crippen molar-refractivity contribution >= 4 is 22.3 Å². The second-order valence-electron chi connectivity index (χ2n) is 4.01. The molecule has 0 aromatic carbocycles. The summed E-state index contributed by atoms with van der Waals surface area (Å²) in [5.41, 5.74) is 0. The summed E-state index contributed by atoms with van der Waals surface area (Å²) in [5.74, 6) is 0.933. The first kappa shape index (κ1) is 10.6. The van der Waals surface area contributed by atoms with Crippen molar-refractivity contribution in [3.05, 3.63) is 10.8 Å². The molecule has 0 amide bonds. The third kappa shape index (κ3) is 1.70. The third-order valence-electron chi connectivity index (χ3n) is 2.94. The molecule has 2 heterocycles. The fraction of sp³-hybridized carbons (Fsp3) is 0.600. The number of aromatic nitrogens is 4. The fourth-order valence-corrected chi connectivity index (χ4v) is 2.57. The molecule has 90 valence electrons. The molecule has 17 heavy (non-hydrogen) atoms. The fourth-order valence-electron chi connectivity index (χ4n) is 1.83. The van der Waals surface area contributed by atoms with Crippen LogP contribution in [-0.4, -0.2) is 32.4 Å². The van der Waals surface area contributed by atoms with Gasteiger partial charge in [-0.1, -0.05) is 17.8 Å². The van der Waals surface area contributed by atoms with Crippen LogP contribution in [0.15, 0.2) is 0 Å². The van der Waals surface area contributed by atoms with E-state index in [9.17, 15) is 4.79 Å². The molecule has 1 saturated carbocycles. The lowest BCUT2D eigenvalue weighted by atomic mass is 9.85. The van der Waals surface area contributed by atoms with Gasteiger partial charge >= 0.3 is 5.97 Å². The predicted octanol–water partition coefficient (Wildman–Crippen LogP) is 1.63. The summed E-state index contributed by atoms with van der Waals surface area (Å²) in [5, 5.41) is 12.8. The predicted molar refractivity (Wildman–Crippen MR) is 61.2 cm³/mol. The molecule has 1 aliphatic rings. The van der Waals surface area contributed by atoms with E-state index in [1.807, 2.05) is 0 Å². The van der Waals surface area contributed by atoms with Crippen molar-refractivity contribution < 1.29 is 9.53 Å². The van der Waals surface area contributed by atoms with Crippen LogP contribution < -0.4 is 0 Å². The van der Waals surface area contributed by atoms with Gasteiger partial charge in [-0.25, -0.2) is 4.79 Å². The van der Waals surface area contributed by atoms with Gasteiger partial charge in [-0.05, 0) is 19.8 Å². The standard InChI is InChI=1S/C10H12N4O2S/c1-2-16-9(15)8-13-14-7(6-4-3-5-6)11-12-10(14)17-8/h6H,2-5H2,1H3. The van der Waals surface area contributed by atoms with Crippen molar-refractivity contribution in [2.75, 3.05) is 6.61 Å². The topological polar surface area (TPSA) is 69.4 Å². The molecule has 0 saturated heterocycles. The van der Waals surface area contributed by atoms with Crippen molar-refractivity contribution in [2.45, 2.75) is 32.1 Å². The third-order valence-corrected chi connectivity index (χ3v) is 3.81. The average Bonchev–Trinajstić information content (AvgIpc) is 2.78. The van der Waals surface area contributed by atoms with Crippen LogP contribution in [0.2, 0.25) is 0 Å². The van der Waals surface area contributed by atoms with E-state index in [1.165, 1.54) is 17.8 Å². The number of carbonyl (C=O) groups is 1. The Balaban J connectivity index is 1.95. The van der Waals surface area contributed by atoms with Gasteiger partial charge < -0.3 is 4.74 Å². The molecule has 2 aromatic rings. The van der Waals surface area contributed by atoms with Crippen LogP contribution in [0.25, 0.3) is 4.96 Å². The summed E-state index contributed by atoms with van der Waals surface area (Å²) in [6, 6.07) is 0. The molecule has 0 N–H and O–H groups in total. The van der Waals surface area contributed by atoms with Gasteiger partial charge in [0, 0.05) is 5.92 Å². The maximum absolute atomic E-state index is 11.5. The molecule has 0 unspecified atom stereocenters. The Morgan fingerprint density at radius 2 is 2.35 bits per heavy atom. The Labute approximate surface area is 102 Å². The van der Waals surface area contributed by atoms with Crippen molar-refractivity contribution in [1.29, 1.82) is 0 Å². The Morgan fingerprint density at radius 3 is 3.00 bits per heavy atom. The summed E-state index contributed by atoms with van der Waals surface area (Å²) in [4.78, 5) is 12.2. The van der Waals surface area contributed by atoms with Crippen LogP contribution in [0.3, 0.4) is 0 Å². The summed E-state index contributed by atoms with van der Waals surface area (Å²) < 4.78 is 6.60. The minimum Gasteiger partial charge on any atom is -0.461 e. The van der Waals surface area contributed by atoms with E-state index < -0.39 is 0 Å². The quantitative estimate of drug-likeness (QED) is 0.776. The molecule has 1 fully saturated rings. The van der Waals surface area contributed by atoms with Crippen LogP contribution in [-0.2, 0) is 4.74 Å². The van der Waals surface area contributed by atoms with Gasteiger partial charge in [-0.2, -0.15) is 4.52 Å². The van der Waals surface area contributed by atoms with E-state index >= 15 is 0 Å². The highest BCUT2D eigenvalue weighted by molar-refractivity contribution is 7.18. The Morgan fingerprint density at radius 1 is 1.53 bits per heavy atom. The van der Waals surface area contributed by atoms with Crippen LogP contribution in [0.4, 0.5) is 0 Å². The van der Waals surface area contributed by atoms with Gasteiger partial charge in [-0.3, -0.25) is 0 Å². The molecule has 6 nitrogen and oxygen atoms in total. The maximum atomic E-state index is 11.5. The van der Waals surface area contributed by atoms with E-state index in [0.717, 1.165) is 18.7 Å². The number of fused-ring (bicyclic) bond motifs is 1. The van der Waals surface area contributed by atoms with E-state index in [2.05, 4.69) is 15.3 Å². The molecular weight excluding hydrogens is 240 g/mol. The van der Waals surface area contributed by atoms with Gasteiger partial charge in [0.05, 0.1) is 6.61 Å². The molecular formula is C10H12N4O2S. The van der Waals surface area contributed by atoms with Gasteiger partial charge in [0.25, 0.3) is 0 Å². The molecule has 1 aliphatic carbocycles. The zero-order chi connectivity index (χ0) is 11.8. The first-order valence-corrected chi connectivity index (χ1v) is 6.50. The van der Waals surface area contributed by atoms with Gasteiger partial charge in [-0.15, -0.1) is 15.3 Å². The number of ether oxygens (including phenoxy) is 1.